The van der Waals surface area contributed by atoms with Crippen LogP contribution < -0.4 is 0 Å². The molecule has 104 valence electrons. The van der Waals surface area contributed by atoms with Gasteiger partial charge in [-0.05, 0) is 17.7 Å². The molecule has 1 saturated heterocycles. The average Bonchev–Trinajstić information content (AvgIpc) is 2.63. The molecule has 0 aromatic heterocycles. The molecule has 1 unspecified atom stereocenters. The van der Waals surface area contributed by atoms with E-state index in [0.29, 0.717) is 24.5 Å². The van der Waals surface area contributed by atoms with Crippen LogP contribution in [-0.2, 0) is 25.6 Å². The number of carbonyl (C=O) groups is 1. The van der Waals surface area contributed by atoms with Gasteiger partial charge >= 0.3 is 0 Å². The van der Waals surface area contributed by atoms with Crippen LogP contribution in [0.15, 0.2) is 24.3 Å². The summed E-state index contributed by atoms with van der Waals surface area (Å²) in [6.45, 7) is 0.918. The van der Waals surface area contributed by atoms with E-state index in [1.165, 1.54) is 0 Å². The molecule has 1 heterocycles. The lowest BCUT2D eigenvalue weighted by Crippen LogP contribution is -2.31. The summed E-state index contributed by atoms with van der Waals surface area (Å²) in [6, 6.07) is 7.17. The van der Waals surface area contributed by atoms with Crippen molar-refractivity contribution in [2.75, 3.05) is 12.8 Å². The molecule has 0 aliphatic carbocycles. The number of amides is 1. The van der Waals surface area contributed by atoms with Gasteiger partial charge in [-0.15, -0.1) is 0 Å². The van der Waals surface area contributed by atoms with Crippen LogP contribution in [0.1, 0.15) is 12.0 Å². The Balaban J connectivity index is 2.00. The zero-order valence-corrected chi connectivity index (χ0v) is 11.9. The van der Waals surface area contributed by atoms with Gasteiger partial charge in [-0.25, -0.2) is 0 Å². The molecule has 0 bridgehead atoms. The number of halogens is 1. The topological polar surface area (TPSA) is 63.7 Å². The van der Waals surface area contributed by atoms with E-state index < -0.39 is 16.2 Å². The molecule has 0 spiro atoms. The first-order valence-electron chi connectivity index (χ1n) is 5.76. The molecule has 1 amide bonds. The summed E-state index contributed by atoms with van der Waals surface area (Å²) in [5.41, 5.74) is 0.942. The van der Waals surface area contributed by atoms with Crippen LogP contribution in [0.5, 0.6) is 0 Å². The highest BCUT2D eigenvalue weighted by Crippen LogP contribution is 2.19. The third-order valence-corrected chi connectivity index (χ3v) is 3.66. The second-order valence-corrected chi connectivity index (χ2v) is 6.50. The Bertz CT molecular complexity index is 570. The third kappa shape index (κ3) is 3.92. The predicted molar refractivity (Wildman–Crippen MR) is 71.2 cm³/mol. The van der Waals surface area contributed by atoms with E-state index in [9.17, 15) is 13.2 Å². The number of nitrogens with zero attached hydrogens (tertiary/aromatic N) is 1. The zero-order chi connectivity index (χ0) is 14.0. The van der Waals surface area contributed by atoms with Crippen molar-refractivity contribution in [3.63, 3.8) is 0 Å². The maximum absolute atomic E-state index is 12.0. The van der Waals surface area contributed by atoms with E-state index in [1.54, 1.807) is 17.0 Å². The van der Waals surface area contributed by atoms with Crippen LogP contribution >= 0.6 is 11.6 Å². The van der Waals surface area contributed by atoms with E-state index in [0.717, 1.165) is 11.8 Å². The van der Waals surface area contributed by atoms with E-state index >= 15 is 0 Å². The normalized spacial score (nSPS) is 20.0. The Kier molecular flexibility index (Phi) is 4.13. The van der Waals surface area contributed by atoms with Crippen LogP contribution in [-0.4, -0.2) is 38.1 Å². The molecule has 1 aliphatic rings. The first-order valence-corrected chi connectivity index (χ1v) is 7.96. The highest BCUT2D eigenvalue weighted by atomic mass is 35.5. The smallest absolute Gasteiger partial charge is 0.265 e. The molecule has 1 atom stereocenters. The molecule has 1 aromatic rings. The molecule has 0 N–H and O–H groups in total. The second kappa shape index (κ2) is 5.48. The summed E-state index contributed by atoms with van der Waals surface area (Å²) < 4.78 is 26.8. The van der Waals surface area contributed by atoms with Crippen molar-refractivity contribution in [1.29, 1.82) is 0 Å². The molecule has 1 fully saturated rings. The number of hydrogen-bond acceptors (Lipinski definition) is 4. The van der Waals surface area contributed by atoms with Crippen molar-refractivity contribution < 1.29 is 17.4 Å². The van der Waals surface area contributed by atoms with Gasteiger partial charge < -0.3 is 4.90 Å². The fraction of sp³-hybridized carbons (Fsp3) is 0.417. The molecular weight excluding hydrogens is 290 g/mol. The highest BCUT2D eigenvalue weighted by Gasteiger charge is 2.34. The molecular formula is C12H14ClNO4S. The SMILES string of the molecule is CS(=O)(=O)OC1CCN(Cc2ccc(Cl)cc2)C1=O. The first kappa shape index (κ1) is 14.3. The number of benzene rings is 1. The first-order chi connectivity index (χ1) is 8.85. The lowest BCUT2D eigenvalue weighted by molar-refractivity contribution is -0.133. The van der Waals surface area contributed by atoms with Crippen molar-refractivity contribution in [2.24, 2.45) is 0 Å². The predicted octanol–water partition coefficient (Wildman–Crippen LogP) is 1.42. The van der Waals surface area contributed by atoms with Crippen LogP contribution in [0.3, 0.4) is 0 Å². The van der Waals surface area contributed by atoms with Gasteiger partial charge in [0.25, 0.3) is 16.0 Å². The van der Waals surface area contributed by atoms with Gasteiger partial charge in [-0.1, -0.05) is 23.7 Å². The van der Waals surface area contributed by atoms with Crippen molar-refractivity contribution in [3.05, 3.63) is 34.9 Å². The summed E-state index contributed by atoms with van der Waals surface area (Å²) >= 11 is 5.79. The lowest BCUT2D eigenvalue weighted by Gasteiger charge is -2.16. The van der Waals surface area contributed by atoms with Crippen LogP contribution in [0.25, 0.3) is 0 Å². The Morgan fingerprint density at radius 1 is 1.37 bits per heavy atom. The van der Waals surface area contributed by atoms with E-state index in [-0.39, 0.29) is 5.91 Å². The quantitative estimate of drug-likeness (QED) is 0.789. The molecule has 0 saturated carbocycles. The summed E-state index contributed by atoms with van der Waals surface area (Å²) in [4.78, 5) is 13.5. The van der Waals surface area contributed by atoms with E-state index in [4.69, 9.17) is 15.8 Å². The molecule has 1 aliphatic heterocycles. The second-order valence-electron chi connectivity index (χ2n) is 4.46. The number of hydrogen-bond donors (Lipinski definition) is 0. The van der Waals surface area contributed by atoms with Crippen LogP contribution in [0.4, 0.5) is 0 Å². The standard InChI is InChI=1S/C12H14ClNO4S/c1-19(16,17)18-11-6-7-14(12(11)15)8-9-2-4-10(13)5-3-9/h2-5,11H,6-8H2,1H3. The third-order valence-electron chi connectivity index (χ3n) is 2.83. The van der Waals surface area contributed by atoms with E-state index in [1.807, 2.05) is 12.1 Å². The highest BCUT2D eigenvalue weighted by molar-refractivity contribution is 7.86. The van der Waals surface area contributed by atoms with Gasteiger partial charge in [0.05, 0.1) is 6.26 Å². The lowest BCUT2D eigenvalue weighted by atomic mass is 10.2. The minimum Gasteiger partial charge on any atom is -0.336 e. The van der Waals surface area contributed by atoms with Crippen molar-refractivity contribution in [3.8, 4) is 0 Å². The van der Waals surface area contributed by atoms with Gasteiger partial charge in [-0.3, -0.25) is 8.98 Å². The minimum absolute atomic E-state index is 0.291. The summed E-state index contributed by atoms with van der Waals surface area (Å²) in [5, 5.41) is 0.634. The average molecular weight is 304 g/mol. The molecule has 0 radical (unpaired) electrons. The molecule has 2 rings (SSSR count). The van der Waals surface area contributed by atoms with Gasteiger partial charge in [-0.2, -0.15) is 8.42 Å². The van der Waals surface area contributed by atoms with Gasteiger partial charge in [0.2, 0.25) is 0 Å². The largest absolute Gasteiger partial charge is 0.336 e. The van der Waals surface area contributed by atoms with Gasteiger partial charge in [0, 0.05) is 24.5 Å². The number of likely N-dealkylation sites (tertiary alicyclic amines) is 1. The maximum Gasteiger partial charge on any atom is 0.265 e. The van der Waals surface area contributed by atoms with Crippen LogP contribution in [0.2, 0.25) is 5.02 Å². The summed E-state index contributed by atoms with van der Waals surface area (Å²) in [7, 11) is -3.61. The summed E-state index contributed by atoms with van der Waals surface area (Å²) in [5.74, 6) is -0.291. The zero-order valence-electron chi connectivity index (χ0n) is 10.4. The Morgan fingerprint density at radius 3 is 2.58 bits per heavy atom. The number of carbonyl (C=O) groups excluding carboxylic acids is 1. The fourth-order valence-electron chi connectivity index (χ4n) is 1.98. The van der Waals surface area contributed by atoms with Gasteiger partial charge in [0.15, 0.2) is 6.10 Å². The summed E-state index contributed by atoms with van der Waals surface area (Å²) in [6.07, 6.45) is 0.448. The van der Waals surface area contributed by atoms with E-state index in [2.05, 4.69) is 0 Å². The Morgan fingerprint density at radius 2 is 2.00 bits per heavy atom. The molecule has 5 nitrogen and oxygen atoms in total. The Hall–Kier alpha value is -1.11. The van der Waals surface area contributed by atoms with Crippen LogP contribution in [0, 0.1) is 0 Å². The molecule has 7 heteroatoms. The minimum atomic E-state index is -3.61. The molecule has 19 heavy (non-hydrogen) atoms. The van der Waals surface area contributed by atoms with Crippen molar-refractivity contribution in [2.45, 2.75) is 19.1 Å². The van der Waals surface area contributed by atoms with Crippen molar-refractivity contribution >= 4 is 27.6 Å². The number of rotatable bonds is 4. The fourth-order valence-corrected chi connectivity index (χ4v) is 2.70. The monoisotopic (exact) mass is 303 g/mol. The Labute approximate surface area is 117 Å². The molecule has 1 aromatic carbocycles. The van der Waals surface area contributed by atoms with Gasteiger partial charge in [0.1, 0.15) is 0 Å². The van der Waals surface area contributed by atoms with Crippen molar-refractivity contribution in [1.82, 2.24) is 4.90 Å². The maximum atomic E-state index is 12.0.